The molecule has 0 aromatic heterocycles. The highest BCUT2D eigenvalue weighted by atomic mass is 35.5. The Morgan fingerprint density at radius 1 is 1.47 bits per heavy atom. The van der Waals surface area contributed by atoms with Gasteiger partial charge in [0.25, 0.3) is 0 Å². The van der Waals surface area contributed by atoms with Crippen LogP contribution in [0.4, 0.5) is 0 Å². The third kappa shape index (κ3) is 4.21. The number of rotatable bonds is 6. The highest BCUT2D eigenvalue weighted by Crippen LogP contribution is 2.26. The largest absolute Gasteiger partial charge is 0.496 e. The zero-order valence-electron chi connectivity index (χ0n) is 10.0. The number of alkyl halides is 1. The molecule has 17 heavy (non-hydrogen) atoms. The summed E-state index contributed by atoms with van der Waals surface area (Å²) in [6.07, 6.45) is 1.29. The van der Waals surface area contributed by atoms with Crippen LogP contribution in [-0.2, 0) is 11.2 Å². The van der Waals surface area contributed by atoms with Gasteiger partial charge in [0, 0.05) is 16.8 Å². The molecule has 0 amide bonds. The number of ketones is 1. The van der Waals surface area contributed by atoms with Gasteiger partial charge < -0.3 is 4.74 Å². The summed E-state index contributed by atoms with van der Waals surface area (Å²) in [5.74, 6) is 1.32. The zero-order chi connectivity index (χ0) is 12.8. The summed E-state index contributed by atoms with van der Waals surface area (Å²) in [4.78, 5) is 11.5. The average molecular weight is 275 g/mol. The topological polar surface area (TPSA) is 26.3 Å². The summed E-state index contributed by atoms with van der Waals surface area (Å²) < 4.78 is 5.26. The number of methoxy groups -OCH3 is 1. The Morgan fingerprint density at radius 2 is 2.18 bits per heavy atom. The first-order valence-corrected chi connectivity index (χ1v) is 6.38. The Labute approximate surface area is 112 Å². The van der Waals surface area contributed by atoms with E-state index in [9.17, 15) is 4.79 Å². The first kappa shape index (κ1) is 14.3. The van der Waals surface area contributed by atoms with E-state index in [1.54, 1.807) is 20.1 Å². The van der Waals surface area contributed by atoms with Crippen LogP contribution in [0.2, 0.25) is 5.02 Å². The first-order chi connectivity index (χ1) is 8.08. The van der Waals surface area contributed by atoms with E-state index < -0.39 is 0 Å². The fourth-order valence-corrected chi connectivity index (χ4v) is 2.21. The molecule has 94 valence electrons. The molecule has 0 radical (unpaired) electrons. The summed E-state index contributed by atoms with van der Waals surface area (Å²) in [6, 6.07) is 5.42. The highest BCUT2D eigenvalue weighted by molar-refractivity contribution is 6.30. The quantitative estimate of drug-likeness (QED) is 0.739. The number of carbonyl (C=O) groups excluding carboxylic acids is 1. The SMILES string of the molecule is COc1ccc(Cl)cc1CC(CCCl)C(C)=O. The predicted molar refractivity (Wildman–Crippen MR) is 71.2 cm³/mol. The van der Waals surface area contributed by atoms with Crippen LogP contribution >= 0.6 is 23.2 Å². The lowest BCUT2D eigenvalue weighted by Gasteiger charge is -2.15. The van der Waals surface area contributed by atoms with Gasteiger partial charge in [-0.1, -0.05) is 11.6 Å². The molecule has 0 N–H and O–H groups in total. The summed E-state index contributed by atoms with van der Waals surface area (Å²) in [5, 5.41) is 0.647. The van der Waals surface area contributed by atoms with Gasteiger partial charge in [0.2, 0.25) is 0 Å². The van der Waals surface area contributed by atoms with E-state index in [0.717, 1.165) is 11.3 Å². The van der Waals surface area contributed by atoms with E-state index in [4.69, 9.17) is 27.9 Å². The van der Waals surface area contributed by atoms with Gasteiger partial charge in [0.05, 0.1) is 7.11 Å². The van der Waals surface area contributed by atoms with Crippen LogP contribution in [0, 0.1) is 5.92 Å². The molecule has 1 unspecified atom stereocenters. The van der Waals surface area contributed by atoms with Crippen LogP contribution in [0.15, 0.2) is 18.2 Å². The Balaban J connectivity index is 2.91. The Morgan fingerprint density at radius 3 is 2.71 bits per heavy atom. The predicted octanol–water partition coefficient (Wildman–Crippen LogP) is 3.73. The maximum atomic E-state index is 11.5. The Bertz CT molecular complexity index is 391. The fourth-order valence-electron chi connectivity index (χ4n) is 1.75. The van der Waals surface area contributed by atoms with E-state index in [-0.39, 0.29) is 11.7 Å². The van der Waals surface area contributed by atoms with Crippen LogP contribution in [0.5, 0.6) is 5.75 Å². The molecular weight excluding hydrogens is 259 g/mol. The Hall–Kier alpha value is -0.730. The summed E-state index contributed by atoms with van der Waals surface area (Å²) in [5.41, 5.74) is 0.949. The molecule has 0 saturated heterocycles. The monoisotopic (exact) mass is 274 g/mol. The second kappa shape index (κ2) is 6.87. The van der Waals surface area contributed by atoms with E-state index in [1.807, 2.05) is 12.1 Å². The number of ether oxygens (including phenoxy) is 1. The van der Waals surface area contributed by atoms with Gasteiger partial charge in [-0.3, -0.25) is 4.79 Å². The molecule has 2 nitrogen and oxygen atoms in total. The molecule has 0 spiro atoms. The lowest BCUT2D eigenvalue weighted by Crippen LogP contribution is -2.15. The van der Waals surface area contributed by atoms with Crippen molar-refractivity contribution in [3.8, 4) is 5.75 Å². The van der Waals surface area contributed by atoms with Gasteiger partial charge in [-0.2, -0.15) is 0 Å². The second-order valence-electron chi connectivity index (χ2n) is 3.95. The molecule has 1 rings (SSSR count). The second-order valence-corrected chi connectivity index (χ2v) is 4.76. The van der Waals surface area contributed by atoms with Crippen molar-refractivity contribution in [2.24, 2.45) is 5.92 Å². The van der Waals surface area contributed by atoms with Crippen molar-refractivity contribution >= 4 is 29.0 Å². The highest BCUT2D eigenvalue weighted by Gasteiger charge is 2.16. The van der Waals surface area contributed by atoms with Crippen LogP contribution in [0.1, 0.15) is 18.9 Å². The number of carbonyl (C=O) groups is 1. The minimum Gasteiger partial charge on any atom is -0.496 e. The molecule has 1 aromatic rings. The number of halogens is 2. The molecular formula is C13H16Cl2O2. The van der Waals surface area contributed by atoms with Gasteiger partial charge in [0.15, 0.2) is 0 Å². The average Bonchev–Trinajstić information content (AvgIpc) is 2.28. The smallest absolute Gasteiger partial charge is 0.133 e. The third-order valence-corrected chi connectivity index (χ3v) is 3.19. The molecule has 0 aliphatic carbocycles. The lowest BCUT2D eigenvalue weighted by atomic mass is 9.93. The minimum absolute atomic E-state index is 0.0696. The first-order valence-electron chi connectivity index (χ1n) is 5.47. The van der Waals surface area contributed by atoms with Gasteiger partial charge in [-0.15, -0.1) is 11.6 Å². The minimum atomic E-state index is -0.0696. The van der Waals surface area contributed by atoms with E-state index in [2.05, 4.69) is 0 Å². The van der Waals surface area contributed by atoms with Crippen molar-refractivity contribution in [2.75, 3.05) is 13.0 Å². The molecule has 0 aliphatic rings. The number of hydrogen-bond acceptors (Lipinski definition) is 2. The third-order valence-electron chi connectivity index (χ3n) is 2.74. The maximum Gasteiger partial charge on any atom is 0.133 e. The summed E-state index contributed by atoms with van der Waals surface area (Å²) >= 11 is 11.6. The van der Waals surface area contributed by atoms with Crippen molar-refractivity contribution in [3.05, 3.63) is 28.8 Å². The summed E-state index contributed by atoms with van der Waals surface area (Å²) in [7, 11) is 1.61. The van der Waals surface area contributed by atoms with Gasteiger partial charge in [0.1, 0.15) is 11.5 Å². The normalized spacial score (nSPS) is 12.2. The standard InChI is InChI=1S/C13H16Cl2O2/c1-9(16)10(5-6-14)7-11-8-12(15)3-4-13(11)17-2/h3-4,8,10H,5-7H2,1-2H3. The summed E-state index contributed by atoms with van der Waals surface area (Å²) in [6.45, 7) is 1.59. The fraction of sp³-hybridized carbons (Fsp3) is 0.462. The van der Waals surface area contributed by atoms with Crippen molar-refractivity contribution in [2.45, 2.75) is 19.8 Å². The van der Waals surface area contributed by atoms with Crippen molar-refractivity contribution < 1.29 is 9.53 Å². The molecule has 0 saturated carbocycles. The van der Waals surface area contributed by atoms with Crippen molar-refractivity contribution in [1.29, 1.82) is 0 Å². The molecule has 1 aromatic carbocycles. The number of hydrogen-bond donors (Lipinski definition) is 0. The molecule has 1 atom stereocenters. The van der Waals surface area contributed by atoms with Gasteiger partial charge in [-0.05, 0) is 43.5 Å². The number of Topliss-reactive ketones (excluding diaryl/α,β-unsaturated/α-hetero) is 1. The zero-order valence-corrected chi connectivity index (χ0v) is 11.5. The lowest BCUT2D eigenvalue weighted by molar-refractivity contribution is -0.120. The number of benzene rings is 1. The molecule has 0 bridgehead atoms. The van der Waals surface area contributed by atoms with Crippen molar-refractivity contribution in [3.63, 3.8) is 0 Å². The van der Waals surface area contributed by atoms with Gasteiger partial charge in [-0.25, -0.2) is 0 Å². The van der Waals surface area contributed by atoms with Crippen molar-refractivity contribution in [1.82, 2.24) is 0 Å². The van der Waals surface area contributed by atoms with Gasteiger partial charge >= 0.3 is 0 Å². The maximum absolute atomic E-state index is 11.5. The molecule has 0 heterocycles. The molecule has 0 aliphatic heterocycles. The van der Waals surface area contributed by atoms with Crippen LogP contribution in [0.3, 0.4) is 0 Å². The molecule has 0 fully saturated rings. The van der Waals surface area contributed by atoms with E-state index in [1.165, 1.54) is 0 Å². The Kier molecular flexibility index (Phi) is 5.79. The van der Waals surface area contributed by atoms with Crippen LogP contribution in [0.25, 0.3) is 0 Å². The van der Waals surface area contributed by atoms with E-state index in [0.29, 0.717) is 23.7 Å². The van der Waals surface area contributed by atoms with Crippen LogP contribution < -0.4 is 4.74 Å². The van der Waals surface area contributed by atoms with E-state index >= 15 is 0 Å². The molecule has 4 heteroatoms. The van der Waals surface area contributed by atoms with Crippen LogP contribution in [-0.4, -0.2) is 18.8 Å².